The van der Waals surface area contributed by atoms with Crippen LogP contribution in [-0.4, -0.2) is 18.1 Å². The molecule has 21 heavy (non-hydrogen) atoms. The summed E-state index contributed by atoms with van der Waals surface area (Å²) in [5.41, 5.74) is 2.09. The van der Waals surface area contributed by atoms with Gasteiger partial charge in [0.1, 0.15) is 10.8 Å². The van der Waals surface area contributed by atoms with Crippen molar-refractivity contribution in [1.29, 1.82) is 0 Å². The maximum absolute atomic E-state index is 5.71. The fourth-order valence-corrected chi connectivity index (χ4v) is 2.55. The van der Waals surface area contributed by atoms with Crippen LogP contribution in [0.5, 0.6) is 5.75 Å². The highest BCUT2D eigenvalue weighted by Gasteiger charge is 2.03. The van der Waals surface area contributed by atoms with Crippen molar-refractivity contribution in [3.8, 4) is 5.75 Å². The Bertz CT molecular complexity index is 555. The van der Waals surface area contributed by atoms with Gasteiger partial charge in [0.25, 0.3) is 0 Å². The van der Waals surface area contributed by atoms with E-state index in [9.17, 15) is 0 Å². The molecule has 1 aromatic carbocycles. The molecule has 0 aliphatic carbocycles. The molecule has 0 radical (unpaired) electrons. The standard InChI is InChI=1S/C16H22N2O2S/c1-12(2)17-8-16-18-14(11-21-16)10-20-9-13-5-4-6-15(7-13)19-3/h4-7,11-12,17H,8-10H2,1-3H3. The Labute approximate surface area is 130 Å². The third kappa shape index (κ3) is 5.46. The molecule has 1 heterocycles. The summed E-state index contributed by atoms with van der Waals surface area (Å²) in [5.74, 6) is 0.854. The topological polar surface area (TPSA) is 43.4 Å². The predicted molar refractivity (Wildman–Crippen MR) is 85.6 cm³/mol. The Morgan fingerprint density at radius 3 is 2.90 bits per heavy atom. The van der Waals surface area contributed by atoms with Gasteiger partial charge in [0.05, 0.1) is 26.0 Å². The summed E-state index contributed by atoms with van der Waals surface area (Å²) in [5, 5.41) is 6.52. The first-order valence-electron chi connectivity index (χ1n) is 7.04. The summed E-state index contributed by atoms with van der Waals surface area (Å²) in [6.45, 7) is 6.18. The normalized spacial score (nSPS) is 11.0. The van der Waals surface area contributed by atoms with E-state index in [2.05, 4.69) is 29.5 Å². The van der Waals surface area contributed by atoms with Gasteiger partial charge in [0.15, 0.2) is 0 Å². The predicted octanol–water partition coefficient (Wildman–Crippen LogP) is 3.37. The lowest BCUT2D eigenvalue weighted by molar-refractivity contribution is 0.105. The summed E-state index contributed by atoms with van der Waals surface area (Å²) in [4.78, 5) is 4.55. The molecule has 0 saturated carbocycles. The van der Waals surface area contributed by atoms with Crippen LogP contribution in [0, 0.1) is 0 Å². The van der Waals surface area contributed by atoms with E-state index in [1.807, 2.05) is 24.3 Å². The number of hydrogen-bond donors (Lipinski definition) is 1. The molecule has 2 rings (SSSR count). The van der Waals surface area contributed by atoms with Gasteiger partial charge in [-0.3, -0.25) is 0 Å². The molecule has 0 aliphatic rings. The third-order valence-corrected chi connectivity index (χ3v) is 3.81. The molecule has 0 fully saturated rings. The molecule has 0 amide bonds. The molecule has 114 valence electrons. The molecule has 1 N–H and O–H groups in total. The summed E-state index contributed by atoms with van der Waals surface area (Å²) in [6, 6.07) is 8.39. The number of thiazole rings is 1. The van der Waals surface area contributed by atoms with Crippen LogP contribution < -0.4 is 10.1 Å². The maximum atomic E-state index is 5.71. The van der Waals surface area contributed by atoms with Crippen LogP contribution in [0.2, 0.25) is 0 Å². The number of hydrogen-bond acceptors (Lipinski definition) is 5. The highest BCUT2D eigenvalue weighted by Crippen LogP contribution is 2.15. The number of nitrogens with zero attached hydrogens (tertiary/aromatic N) is 1. The van der Waals surface area contributed by atoms with Crippen molar-refractivity contribution < 1.29 is 9.47 Å². The number of rotatable bonds is 8. The minimum Gasteiger partial charge on any atom is -0.497 e. The molecular formula is C16H22N2O2S. The van der Waals surface area contributed by atoms with Gasteiger partial charge in [-0.25, -0.2) is 4.98 Å². The largest absolute Gasteiger partial charge is 0.497 e. The average molecular weight is 306 g/mol. The molecule has 0 bridgehead atoms. The summed E-state index contributed by atoms with van der Waals surface area (Å²) >= 11 is 1.67. The minimum absolute atomic E-state index is 0.474. The van der Waals surface area contributed by atoms with Gasteiger partial charge in [0, 0.05) is 18.0 Å². The number of ether oxygens (including phenoxy) is 2. The fourth-order valence-electron chi connectivity index (χ4n) is 1.82. The van der Waals surface area contributed by atoms with Crippen LogP contribution in [0.15, 0.2) is 29.6 Å². The van der Waals surface area contributed by atoms with Gasteiger partial charge < -0.3 is 14.8 Å². The lowest BCUT2D eigenvalue weighted by Gasteiger charge is -2.05. The zero-order valence-electron chi connectivity index (χ0n) is 12.8. The van der Waals surface area contributed by atoms with Crippen molar-refractivity contribution in [2.24, 2.45) is 0 Å². The Hall–Kier alpha value is -1.43. The van der Waals surface area contributed by atoms with E-state index in [-0.39, 0.29) is 0 Å². The SMILES string of the molecule is COc1cccc(COCc2csc(CNC(C)C)n2)c1. The lowest BCUT2D eigenvalue weighted by Crippen LogP contribution is -2.21. The zero-order chi connectivity index (χ0) is 15.1. The molecule has 0 aliphatic heterocycles. The molecule has 0 atom stereocenters. The van der Waals surface area contributed by atoms with E-state index < -0.39 is 0 Å². The van der Waals surface area contributed by atoms with Gasteiger partial charge >= 0.3 is 0 Å². The van der Waals surface area contributed by atoms with Crippen molar-refractivity contribution in [1.82, 2.24) is 10.3 Å². The van der Waals surface area contributed by atoms with E-state index in [1.54, 1.807) is 18.4 Å². The van der Waals surface area contributed by atoms with Gasteiger partial charge in [0.2, 0.25) is 0 Å². The van der Waals surface area contributed by atoms with Crippen LogP contribution in [0.1, 0.15) is 30.1 Å². The van der Waals surface area contributed by atoms with E-state index >= 15 is 0 Å². The second kappa shape index (κ2) is 8.12. The van der Waals surface area contributed by atoms with E-state index in [0.717, 1.165) is 28.6 Å². The Morgan fingerprint density at radius 2 is 2.14 bits per heavy atom. The van der Waals surface area contributed by atoms with Gasteiger partial charge in [-0.2, -0.15) is 0 Å². The average Bonchev–Trinajstić information content (AvgIpc) is 2.93. The van der Waals surface area contributed by atoms with Crippen LogP contribution >= 0.6 is 11.3 Å². The Kier molecular flexibility index (Phi) is 6.17. The quantitative estimate of drug-likeness (QED) is 0.812. The van der Waals surface area contributed by atoms with Crippen LogP contribution in [0.4, 0.5) is 0 Å². The van der Waals surface area contributed by atoms with Crippen molar-refractivity contribution in [3.05, 3.63) is 45.9 Å². The minimum atomic E-state index is 0.474. The zero-order valence-corrected chi connectivity index (χ0v) is 13.6. The van der Waals surface area contributed by atoms with E-state index in [1.165, 1.54) is 0 Å². The highest BCUT2D eigenvalue weighted by molar-refractivity contribution is 7.09. The fraction of sp³-hybridized carbons (Fsp3) is 0.438. The van der Waals surface area contributed by atoms with Crippen LogP contribution in [-0.2, 0) is 24.5 Å². The first-order valence-corrected chi connectivity index (χ1v) is 7.92. The first-order chi connectivity index (χ1) is 10.2. The molecule has 0 saturated heterocycles. The summed E-state index contributed by atoms with van der Waals surface area (Å²) in [6.07, 6.45) is 0. The molecule has 0 unspecified atom stereocenters. The first kappa shape index (κ1) is 15.9. The number of methoxy groups -OCH3 is 1. The van der Waals surface area contributed by atoms with Crippen molar-refractivity contribution in [2.75, 3.05) is 7.11 Å². The Morgan fingerprint density at radius 1 is 1.29 bits per heavy atom. The van der Waals surface area contributed by atoms with E-state index in [4.69, 9.17) is 9.47 Å². The number of aromatic nitrogens is 1. The maximum Gasteiger partial charge on any atom is 0.119 e. The van der Waals surface area contributed by atoms with Crippen molar-refractivity contribution in [3.63, 3.8) is 0 Å². The second-order valence-corrected chi connectivity index (χ2v) is 6.06. The monoisotopic (exact) mass is 306 g/mol. The molecular weight excluding hydrogens is 284 g/mol. The van der Waals surface area contributed by atoms with Crippen molar-refractivity contribution >= 4 is 11.3 Å². The van der Waals surface area contributed by atoms with Gasteiger partial charge in [-0.1, -0.05) is 26.0 Å². The summed E-state index contributed by atoms with van der Waals surface area (Å²) < 4.78 is 10.9. The van der Waals surface area contributed by atoms with Crippen molar-refractivity contribution in [2.45, 2.75) is 39.6 Å². The van der Waals surface area contributed by atoms with Gasteiger partial charge in [-0.15, -0.1) is 11.3 Å². The molecule has 0 spiro atoms. The number of benzene rings is 1. The number of nitrogens with one attached hydrogen (secondary N) is 1. The second-order valence-electron chi connectivity index (χ2n) is 5.11. The van der Waals surface area contributed by atoms with Gasteiger partial charge in [-0.05, 0) is 17.7 Å². The molecule has 5 heteroatoms. The third-order valence-electron chi connectivity index (χ3n) is 2.91. The molecule has 4 nitrogen and oxygen atoms in total. The summed E-state index contributed by atoms with van der Waals surface area (Å²) in [7, 11) is 1.67. The Balaban J connectivity index is 1.77. The van der Waals surface area contributed by atoms with Crippen LogP contribution in [0.25, 0.3) is 0 Å². The lowest BCUT2D eigenvalue weighted by atomic mass is 10.2. The smallest absolute Gasteiger partial charge is 0.119 e. The van der Waals surface area contributed by atoms with Crippen LogP contribution in [0.3, 0.4) is 0 Å². The molecule has 1 aromatic heterocycles. The molecule has 2 aromatic rings. The highest BCUT2D eigenvalue weighted by atomic mass is 32.1. The van der Waals surface area contributed by atoms with E-state index in [0.29, 0.717) is 19.3 Å².